The molecule has 0 aromatic heterocycles. The number of ether oxygens (including phenoxy) is 1. The molecule has 2 aromatic rings. The van der Waals surface area contributed by atoms with Gasteiger partial charge in [-0.15, -0.1) is 24.9 Å². The largest absolute Gasteiger partial charge is 0.573 e. The fourth-order valence-electron chi connectivity index (χ4n) is 2.46. The summed E-state index contributed by atoms with van der Waals surface area (Å²) in [5.74, 6) is -1.27. The van der Waals surface area contributed by atoms with Crippen molar-refractivity contribution in [2.75, 3.05) is 18.1 Å². The number of carbonyl (C=O) groups is 2. The molecule has 0 aliphatic heterocycles. The number of carbonyl (C=O) groups excluding carboxylic acids is 2. The van der Waals surface area contributed by atoms with E-state index in [-0.39, 0.29) is 29.9 Å². The van der Waals surface area contributed by atoms with Gasteiger partial charge in [0.05, 0.1) is 11.0 Å². The maximum absolute atomic E-state index is 12.9. The van der Waals surface area contributed by atoms with Crippen LogP contribution in [0.15, 0.2) is 48.5 Å². The molecule has 0 radical (unpaired) electrons. The minimum absolute atomic E-state index is 0.0294. The summed E-state index contributed by atoms with van der Waals surface area (Å²) in [6, 6.07) is 10.6. The number of hydrogen-bond donors (Lipinski definition) is 1. The number of halogens is 4. The average molecular weight is 444 g/mol. The minimum atomic E-state index is -4.76. The molecule has 1 N–H and O–H groups in total. The SMILES string of the molecule is CC(SCC(=O)Nc1ccc(F)cc1)C(=O)N(C)Cc1ccc(OC(F)(F)F)cc1. The van der Waals surface area contributed by atoms with Gasteiger partial charge in [0.2, 0.25) is 11.8 Å². The molecule has 0 aliphatic rings. The van der Waals surface area contributed by atoms with Crippen molar-refractivity contribution < 1.29 is 31.9 Å². The van der Waals surface area contributed by atoms with E-state index in [0.717, 1.165) is 11.8 Å². The van der Waals surface area contributed by atoms with E-state index in [1.165, 1.54) is 53.4 Å². The molecule has 2 amide bonds. The predicted octanol–water partition coefficient (Wildman–Crippen LogP) is 4.44. The van der Waals surface area contributed by atoms with E-state index in [0.29, 0.717) is 11.3 Å². The van der Waals surface area contributed by atoms with Gasteiger partial charge in [-0.3, -0.25) is 9.59 Å². The summed E-state index contributed by atoms with van der Waals surface area (Å²) in [4.78, 5) is 25.9. The molecule has 1 atom stereocenters. The molecule has 0 fully saturated rings. The first-order valence-electron chi connectivity index (χ1n) is 8.80. The van der Waals surface area contributed by atoms with Gasteiger partial charge in [-0.1, -0.05) is 12.1 Å². The molecular formula is C20H20F4N2O3S. The molecule has 0 heterocycles. The highest BCUT2D eigenvalue weighted by atomic mass is 32.2. The van der Waals surface area contributed by atoms with E-state index in [1.807, 2.05) is 0 Å². The molecule has 2 aromatic carbocycles. The first kappa shape index (κ1) is 23.5. The fourth-order valence-corrected chi connectivity index (χ4v) is 3.26. The van der Waals surface area contributed by atoms with Gasteiger partial charge in [0, 0.05) is 19.3 Å². The molecule has 2 rings (SSSR count). The third kappa shape index (κ3) is 7.94. The third-order valence-corrected chi connectivity index (χ3v) is 5.02. The summed E-state index contributed by atoms with van der Waals surface area (Å²) < 4.78 is 53.3. The molecule has 0 saturated heterocycles. The Hall–Kier alpha value is -2.75. The zero-order valence-corrected chi connectivity index (χ0v) is 17.0. The van der Waals surface area contributed by atoms with Crippen LogP contribution in [0.1, 0.15) is 12.5 Å². The molecule has 10 heteroatoms. The lowest BCUT2D eigenvalue weighted by Gasteiger charge is -2.21. The van der Waals surface area contributed by atoms with Crippen molar-refractivity contribution >= 4 is 29.3 Å². The zero-order valence-electron chi connectivity index (χ0n) is 16.2. The van der Waals surface area contributed by atoms with E-state index in [1.54, 1.807) is 14.0 Å². The van der Waals surface area contributed by atoms with Crippen LogP contribution in [0.4, 0.5) is 23.2 Å². The number of nitrogens with zero attached hydrogens (tertiary/aromatic N) is 1. The monoisotopic (exact) mass is 444 g/mol. The molecule has 0 spiro atoms. The molecule has 162 valence electrons. The number of amides is 2. The standard InChI is InChI=1S/C20H20F4N2O3S/c1-13(30-12-18(27)25-16-7-5-15(21)6-8-16)19(28)26(2)11-14-3-9-17(10-4-14)29-20(22,23)24/h3-10,13H,11-12H2,1-2H3,(H,25,27). The topological polar surface area (TPSA) is 58.6 Å². The molecule has 0 bridgehead atoms. The number of anilines is 1. The number of thioether (sulfide) groups is 1. The Kier molecular flexibility index (Phi) is 8.10. The molecule has 5 nitrogen and oxygen atoms in total. The number of rotatable bonds is 8. The number of nitrogens with one attached hydrogen (secondary N) is 1. The highest BCUT2D eigenvalue weighted by molar-refractivity contribution is 8.01. The number of hydrogen-bond acceptors (Lipinski definition) is 4. The van der Waals surface area contributed by atoms with Crippen molar-refractivity contribution in [1.82, 2.24) is 4.90 Å². The highest BCUT2D eigenvalue weighted by Crippen LogP contribution is 2.23. The lowest BCUT2D eigenvalue weighted by Crippen LogP contribution is -2.33. The van der Waals surface area contributed by atoms with Crippen molar-refractivity contribution in [1.29, 1.82) is 0 Å². The van der Waals surface area contributed by atoms with Crippen LogP contribution in [0.2, 0.25) is 0 Å². The minimum Gasteiger partial charge on any atom is -0.406 e. The van der Waals surface area contributed by atoms with Gasteiger partial charge in [0.1, 0.15) is 11.6 Å². The van der Waals surface area contributed by atoms with Crippen molar-refractivity contribution in [3.05, 3.63) is 59.9 Å². The second-order valence-corrected chi connectivity index (χ2v) is 7.72. The van der Waals surface area contributed by atoms with E-state index in [4.69, 9.17) is 0 Å². The van der Waals surface area contributed by atoms with E-state index < -0.39 is 17.4 Å². The van der Waals surface area contributed by atoms with Gasteiger partial charge in [-0.05, 0) is 48.9 Å². The summed E-state index contributed by atoms with van der Waals surface area (Å²) in [5.41, 5.74) is 1.09. The van der Waals surface area contributed by atoms with Crippen LogP contribution in [0.25, 0.3) is 0 Å². The Morgan fingerprint density at radius 3 is 2.27 bits per heavy atom. The summed E-state index contributed by atoms with van der Waals surface area (Å²) in [7, 11) is 1.57. The normalized spacial score (nSPS) is 12.2. The van der Waals surface area contributed by atoms with Gasteiger partial charge in [0.25, 0.3) is 0 Å². The van der Waals surface area contributed by atoms with Crippen LogP contribution in [0.5, 0.6) is 5.75 Å². The number of alkyl halides is 3. The molecule has 1 unspecified atom stereocenters. The maximum atomic E-state index is 12.9. The zero-order chi connectivity index (χ0) is 22.3. The Bertz CT molecular complexity index is 858. The molecule has 0 aliphatic carbocycles. The van der Waals surface area contributed by atoms with Crippen LogP contribution in [0, 0.1) is 5.82 Å². The molecule has 30 heavy (non-hydrogen) atoms. The van der Waals surface area contributed by atoms with Crippen molar-refractivity contribution in [3.8, 4) is 5.75 Å². The lowest BCUT2D eigenvalue weighted by molar-refractivity contribution is -0.274. The Morgan fingerprint density at radius 1 is 1.10 bits per heavy atom. The summed E-state index contributed by atoms with van der Waals surface area (Å²) in [6.07, 6.45) is -4.76. The quantitative estimate of drug-likeness (QED) is 0.612. The smallest absolute Gasteiger partial charge is 0.406 e. The van der Waals surface area contributed by atoms with Gasteiger partial charge in [0.15, 0.2) is 0 Å². The molecule has 0 saturated carbocycles. The number of benzene rings is 2. The second kappa shape index (κ2) is 10.3. The van der Waals surface area contributed by atoms with Crippen LogP contribution >= 0.6 is 11.8 Å². The maximum Gasteiger partial charge on any atom is 0.573 e. The van der Waals surface area contributed by atoms with Gasteiger partial charge < -0.3 is 15.0 Å². The fraction of sp³-hybridized carbons (Fsp3) is 0.300. The first-order valence-corrected chi connectivity index (χ1v) is 9.85. The van der Waals surface area contributed by atoms with Crippen molar-refractivity contribution in [2.24, 2.45) is 0 Å². The predicted molar refractivity (Wildman–Crippen MR) is 107 cm³/mol. The van der Waals surface area contributed by atoms with Gasteiger partial charge in [-0.2, -0.15) is 0 Å². The van der Waals surface area contributed by atoms with Crippen LogP contribution in [-0.4, -0.2) is 41.1 Å². The summed E-state index contributed by atoms with van der Waals surface area (Å²) in [5, 5.41) is 2.10. The van der Waals surface area contributed by atoms with Crippen LogP contribution in [0.3, 0.4) is 0 Å². The van der Waals surface area contributed by atoms with E-state index in [2.05, 4.69) is 10.1 Å². The summed E-state index contributed by atoms with van der Waals surface area (Å²) in [6.45, 7) is 1.85. The van der Waals surface area contributed by atoms with E-state index >= 15 is 0 Å². The Balaban J connectivity index is 1.80. The van der Waals surface area contributed by atoms with Crippen molar-refractivity contribution in [2.45, 2.75) is 25.1 Å². The third-order valence-electron chi connectivity index (χ3n) is 3.89. The second-order valence-electron chi connectivity index (χ2n) is 6.39. The summed E-state index contributed by atoms with van der Waals surface area (Å²) >= 11 is 1.14. The van der Waals surface area contributed by atoms with Gasteiger partial charge >= 0.3 is 6.36 Å². The van der Waals surface area contributed by atoms with Crippen molar-refractivity contribution in [3.63, 3.8) is 0 Å². The lowest BCUT2D eigenvalue weighted by atomic mass is 10.2. The average Bonchev–Trinajstić information content (AvgIpc) is 2.67. The Morgan fingerprint density at radius 2 is 1.70 bits per heavy atom. The van der Waals surface area contributed by atoms with Crippen LogP contribution < -0.4 is 10.1 Å². The van der Waals surface area contributed by atoms with Crippen LogP contribution in [-0.2, 0) is 16.1 Å². The highest BCUT2D eigenvalue weighted by Gasteiger charge is 2.31. The molecular weight excluding hydrogens is 424 g/mol. The van der Waals surface area contributed by atoms with Gasteiger partial charge in [-0.25, -0.2) is 4.39 Å². The Labute approximate surface area is 175 Å². The van der Waals surface area contributed by atoms with E-state index in [9.17, 15) is 27.2 Å². The first-order chi connectivity index (χ1) is 14.0.